The predicted molar refractivity (Wildman–Crippen MR) is 222 cm³/mol. The Labute approximate surface area is 303 Å². The minimum atomic E-state index is -0.115. The lowest BCUT2D eigenvalue weighted by molar-refractivity contribution is 0.666. The molecule has 0 N–H and O–H groups in total. The highest BCUT2D eigenvalue weighted by Crippen LogP contribution is 2.53. The molecule has 0 saturated carbocycles. The molecule has 10 aromatic rings. The number of nitrogens with zero attached hydrogens (tertiary/aromatic N) is 1. The van der Waals surface area contributed by atoms with Crippen molar-refractivity contribution in [1.29, 1.82) is 0 Å². The fourth-order valence-electron chi connectivity index (χ4n) is 9.36. The molecule has 0 spiro atoms. The molecule has 1 heteroatoms. The van der Waals surface area contributed by atoms with E-state index in [1.165, 1.54) is 104 Å². The molecule has 1 nitrogen and oxygen atoms in total. The van der Waals surface area contributed by atoms with Crippen LogP contribution in [-0.2, 0) is 5.41 Å². The van der Waals surface area contributed by atoms with Crippen molar-refractivity contribution >= 4 is 54.1 Å². The summed E-state index contributed by atoms with van der Waals surface area (Å²) in [4.78, 5) is 0. The molecule has 52 heavy (non-hydrogen) atoms. The number of rotatable bonds is 3. The van der Waals surface area contributed by atoms with E-state index in [1.807, 2.05) is 0 Å². The zero-order chi connectivity index (χ0) is 34.6. The van der Waals surface area contributed by atoms with Gasteiger partial charge in [0.25, 0.3) is 0 Å². The van der Waals surface area contributed by atoms with Gasteiger partial charge in [0, 0.05) is 21.9 Å². The molecule has 0 atom stereocenters. The number of aromatic nitrogens is 1. The largest absolute Gasteiger partial charge is 0.309 e. The van der Waals surface area contributed by atoms with E-state index in [0.29, 0.717) is 0 Å². The van der Waals surface area contributed by atoms with Crippen molar-refractivity contribution in [3.05, 3.63) is 187 Å². The van der Waals surface area contributed by atoms with Crippen LogP contribution in [0.2, 0.25) is 0 Å². The summed E-state index contributed by atoms with van der Waals surface area (Å²) in [5.74, 6) is 0. The maximum atomic E-state index is 2.45. The van der Waals surface area contributed by atoms with Gasteiger partial charge < -0.3 is 4.57 Å². The zero-order valence-corrected chi connectivity index (χ0v) is 29.2. The Hall–Kier alpha value is -6.44. The van der Waals surface area contributed by atoms with E-state index >= 15 is 0 Å². The first kappa shape index (κ1) is 29.3. The zero-order valence-electron chi connectivity index (χ0n) is 29.2. The van der Waals surface area contributed by atoms with Gasteiger partial charge in [-0.3, -0.25) is 0 Å². The summed E-state index contributed by atoms with van der Waals surface area (Å²) in [6, 6.07) is 65.2. The number of fused-ring (bicyclic) bond motifs is 13. The number of benzene rings is 9. The van der Waals surface area contributed by atoms with Gasteiger partial charge in [-0.1, -0.05) is 153 Å². The van der Waals surface area contributed by atoms with Gasteiger partial charge in [-0.2, -0.15) is 0 Å². The summed E-state index contributed by atoms with van der Waals surface area (Å²) >= 11 is 0. The molecule has 0 bridgehead atoms. The topological polar surface area (TPSA) is 4.93 Å². The van der Waals surface area contributed by atoms with Crippen LogP contribution >= 0.6 is 0 Å². The first-order valence-electron chi connectivity index (χ1n) is 18.3. The Bertz CT molecular complexity index is 3030. The molecule has 1 aliphatic carbocycles. The van der Waals surface area contributed by atoms with Gasteiger partial charge in [0.05, 0.1) is 11.0 Å². The van der Waals surface area contributed by atoms with Gasteiger partial charge in [-0.25, -0.2) is 0 Å². The molecule has 0 amide bonds. The highest BCUT2D eigenvalue weighted by molar-refractivity contribution is 6.25. The van der Waals surface area contributed by atoms with Crippen LogP contribution in [0, 0.1) is 0 Å². The van der Waals surface area contributed by atoms with Crippen molar-refractivity contribution in [2.45, 2.75) is 19.3 Å². The molecule has 9 aromatic carbocycles. The Morgan fingerprint density at radius 2 is 0.865 bits per heavy atom. The Morgan fingerprint density at radius 1 is 0.365 bits per heavy atom. The highest BCUT2D eigenvalue weighted by atomic mass is 15.0. The molecule has 0 aliphatic heterocycles. The second-order valence-electron chi connectivity index (χ2n) is 14.9. The van der Waals surface area contributed by atoms with Crippen LogP contribution in [-0.4, -0.2) is 4.57 Å². The Kier molecular flexibility index (Phi) is 6.08. The van der Waals surface area contributed by atoms with E-state index in [-0.39, 0.29) is 5.41 Å². The first-order valence-corrected chi connectivity index (χ1v) is 18.3. The maximum absolute atomic E-state index is 2.45. The Balaban J connectivity index is 1.07. The van der Waals surface area contributed by atoms with Crippen LogP contribution in [0.1, 0.15) is 25.0 Å². The quantitative estimate of drug-likeness (QED) is 0.166. The van der Waals surface area contributed by atoms with Gasteiger partial charge in [0.1, 0.15) is 0 Å². The van der Waals surface area contributed by atoms with Gasteiger partial charge in [0.2, 0.25) is 0 Å². The van der Waals surface area contributed by atoms with Crippen LogP contribution in [0.15, 0.2) is 176 Å². The van der Waals surface area contributed by atoms with Crippen molar-refractivity contribution in [1.82, 2.24) is 4.57 Å². The molecule has 0 unspecified atom stereocenters. The van der Waals surface area contributed by atoms with Gasteiger partial charge in [-0.15, -0.1) is 0 Å². The number of hydrogen-bond donors (Lipinski definition) is 0. The van der Waals surface area contributed by atoms with Crippen LogP contribution in [0.5, 0.6) is 0 Å². The van der Waals surface area contributed by atoms with Crippen LogP contribution in [0.4, 0.5) is 0 Å². The molecule has 0 radical (unpaired) electrons. The third-order valence-corrected chi connectivity index (χ3v) is 11.8. The number of para-hydroxylation sites is 1. The highest BCUT2D eigenvalue weighted by Gasteiger charge is 2.38. The van der Waals surface area contributed by atoms with Crippen LogP contribution < -0.4 is 0 Å². The molecule has 11 rings (SSSR count). The smallest absolute Gasteiger partial charge is 0.0544 e. The van der Waals surface area contributed by atoms with E-state index in [2.05, 4.69) is 194 Å². The third-order valence-electron chi connectivity index (χ3n) is 11.8. The lowest BCUT2D eigenvalue weighted by Crippen LogP contribution is -2.15. The normalized spacial score (nSPS) is 13.3. The van der Waals surface area contributed by atoms with Crippen LogP contribution in [0.25, 0.3) is 93.2 Å². The van der Waals surface area contributed by atoms with Crippen molar-refractivity contribution < 1.29 is 0 Å². The molecular weight excluding hydrogens is 627 g/mol. The molecule has 1 heterocycles. The number of hydrogen-bond acceptors (Lipinski definition) is 0. The van der Waals surface area contributed by atoms with E-state index in [9.17, 15) is 0 Å². The summed E-state index contributed by atoms with van der Waals surface area (Å²) in [7, 11) is 0. The van der Waals surface area contributed by atoms with E-state index < -0.39 is 0 Å². The lowest BCUT2D eigenvalue weighted by Gasteiger charge is -2.22. The molecule has 0 fully saturated rings. The van der Waals surface area contributed by atoms with E-state index in [1.54, 1.807) is 0 Å². The molecular formula is C51H35N. The van der Waals surface area contributed by atoms with E-state index in [4.69, 9.17) is 0 Å². The Morgan fingerprint density at radius 3 is 1.54 bits per heavy atom. The van der Waals surface area contributed by atoms with Gasteiger partial charge in [-0.05, 0) is 113 Å². The summed E-state index contributed by atoms with van der Waals surface area (Å²) in [5, 5.41) is 10.5. The standard InChI is InChI=1S/C51H35N/c1-51(2)46-19-11-10-18-42(46)43-27-29-48-49(50(43)51)45-31-35(25-28-47(45)52(48)36-12-4-3-5-13-36)33-22-20-32(21-23-33)34-24-26-41-39-16-7-6-14-37(39)38-15-8-9-17-40(38)44(41)30-34/h3-31H,1-2H3. The van der Waals surface area contributed by atoms with Crippen LogP contribution in [0.3, 0.4) is 0 Å². The second-order valence-corrected chi connectivity index (χ2v) is 14.9. The lowest BCUT2D eigenvalue weighted by atomic mass is 9.80. The van der Waals surface area contributed by atoms with Gasteiger partial charge >= 0.3 is 0 Å². The van der Waals surface area contributed by atoms with E-state index in [0.717, 1.165) is 0 Å². The summed E-state index contributed by atoms with van der Waals surface area (Å²) < 4.78 is 2.45. The first-order chi connectivity index (χ1) is 25.6. The monoisotopic (exact) mass is 661 g/mol. The minimum Gasteiger partial charge on any atom is -0.309 e. The fourth-order valence-corrected chi connectivity index (χ4v) is 9.36. The molecule has 1 aromatic heterocycles. The van der Waals surface area contributed by atoms with Crippen molar-refractivity contribution in [2.24, 2.45) is 0 Å². The molecule has 0 saturated heterocycles. The maximum Gasteiger partial charge on any atom is 0.0544 e. The fraction of sp³-hybridized carbons (Fsp3) is 0.0588. The predicted octanol–water partition coefficient (Wildman–Crippen LogP) is 13.9. The average molecular weight is 662 g/mol. The summed E-state index contributed by atoms with van der Waals surface area (Å²) in [6.07, 6.45) is 0. The van der Waals surface area contributed by atoms with Crippen molar-refractivity contribution in [3.8, 4) is 39.1 Å². The van der Waals surface area contributed by atoms with Crippen molar-refractivity contribution in [2.75, 3.05) is 0 Å². The summed E-state index contributed by atoms with van der Waals surface area (Å²) in [6.45, 7) is 4.78. The SMILES string of the molecule is CC1(C)c2ccccc2-c2ccc3c(c21)c1cc(-c2ccc(-c4ccc5c6ccccc6c6ccccc6c5c4)cc2)ccc1n3-c1ccccc1. The molecule has 1 aliphatic rings. The third kappa shape index (κ3) is 4.05. The molecule has 244 valence electrons. The summed E-state index contributed by atoms with van der Waals surface area (Å²) in [5.41, 5.74) is 14.0. The van der Waals surface area contributed by atoms with Crippen molar-refractivity contribution in [3.63, 3.8) is 0 Å². The average Bonchev–Trinajstić information content (AvgIpc) is 3.66. The second kappa shape index (κ2) is 10.8. The van der Waals surface area contributed by atoms with Gasteiger partial charge in [0.15, 0.2) is 0 Å². The minimum absolute atomic E-state index is 0.115.